The zero-order valence-electron chi connectivity index (χ0n) is 7.49. The van der Waals surface area contributed by atoms with E-state index in [4.69, 9.17) is 14.6 Å². The van der Waals surface area contributed by atoms with E-state index in [9.17, 15) is 4.79 Å². The smallest absolute Gasteiger partial charge is 0.395 e. The van der Waals surface area contributed by atoms with Gasteiger partial charge in [-0.3, -0.25) is 0 Å². The Morgan fingerprint density at radius 2 is 1.75 bits per heavy atom. The molecule has 0 radical (unpaired) electrons. The molecular formula is C7H14O5. The van der Waals surface area contributed by atoms with Gasteiger partial charge >= 0.3 is 11.9 Å². The minimum Gasteiger partial charge on any atom is -0.475 e. The third-order valence-electron chi connectivity index (χ3n) is 1.20. The number of hydrogen-bond acceptors (Lipinski definition) is 4. The molecule has 12 heavy (non-hydrogen) atoms. The van der Waals surface area contributed by atoms with Crippen LogP contribution in [0.2, 0.25) is 0 Å². The third-order valence-corrected chi connectivity index (χ3v) is 1.20. The molecule has 0 aromatic heterocycles. The minimum atomic E-state index is -1.94. The van der Waals surface area contributed by atoms with Crippen LogP contribution in [0.5, 0.6) is 0 Å². The Kier molecular flexibility index (Phi) is 4.80. The molecule has 0 aromatic carbocycles. The summed E-state index contributed by atoms with van der Waals surface area (Å²) in [7, 11) is 1.22. The molecule has 0 amide bonds. The highest BCUT2D eigenvalue weighted by atomic mass is 16.9. The van der Waals surface area contributed by atoms with Crippen molar-refractivity contribution >= 4 is 5.97 Å². The molecule has 72 valence electrons. The zero-order valence-corrected chi connectivity index (χ0v) is 7.49. The summed E-state index contributed by atoms with van der Waals surface area (Å²) in [4.78, 5) is 10.7. The molecule has 0 saturated carbocycles. The van der Waals surface area contributed by atoms with Gasteiger partial charge in [-0.15, -0.1) is 0 Å². The molecule has 0 unspecified atom stereocenters. The van der Waals surface area contributed by atoms with Gasteiger partial charge in [0.05, 0.1) is 13.2 Å². The van der Waals surface area contributed by atoms with E-state index >= 15 is 0 Å². The first-order valence-electron chi connectivity index (χ1n) is 3.69. The van der Waals surface area contributed by atoms with Crippen LogP contribution in [0.1, 0.15) is 13.8 Å². The average Bonchev–Trinajstić information content (AvgIpc) is 2.03. The first-order valence-corrected chi connectivity index (χ1v) is 3.69. The van der Waals surface area contributed by atoms with E-state index < -0.39 is 11.9 Å². The van der Waals surface area contributed by atoms with Crippen molar-refractivity contribution in [3.05, 3.63) is 0 Å². The van der Waals surface area contributed by atoms with Crippen LogP contribution in [-0.2, 0) is 19.0 Å². The number of hydrogen-bond donors (Lipinski definition) is 1. The number of methoxy groups -OCH3 is 1. The van der Waals surface area contributed by atoms with E-state index in [-0.39, 0.29) is 13.2 Å². The first kappa shape index (κ1) is 11.4. The molecule has 0 spiro atoms. The van der Waals surface area contributed by atoms with E-state index in [2.05, 4.69) is 4.74 Å². The van der Waals surface area contributed by atoms with Gasteiger partial charge in [-0.25, -0.2) is 4.79 Å². The summed E-state index contributed by atoms with van der Waals surface area (Å²) in [5.74, 6) is -3.22. The van der Waals surface area contributed by atoms with Crippen LogP contribution in [0.25, 0.3) is 0 Å². The Bertz CT molecular complexity index is 139. The summed E-state index contributed by atoms with van der Waals surface area (Å²) < 4.78 is 14.3. The fourth-order valence-corrected chi connectivity index (χ4v) is 0.750. The number of rotatable bonds is 6. The van der Waals surface area contributed by atoms with Gasteiger partial charge in [0.2, 0.25) is 0 Å². The number of carbonyl (C=O) groups is 1. The van der Waals surface area contributed by atoms with E-state index in [0.29, 0.717) is 0 Å². The lowest BCUT2D eigenvalue weighted by molar-refractivity contribution is -0.351. The molecule has 0 saturated heterocycles. The van der Waals surface area contributed by atoms with Gasteiger partial charge in [0, 0.05) is 7.11 Å². The average molecular weight is 178 g/mol. The predicted octanol–water partition coefficient (Wildman–Crippen LogP) is 0.444. The van der Waals surface area contributed by atoms with Crippen LogP contribution in [0.3, 0.4) is 0 Å². The SMILES string of the molecule is CCOC(OC)(OCC)C(=O)O. The maximum Gasteiger partial charge on any atom is 0.395 e. The van der Waals surface area contributed by atoms with Crippen molar-refractivity contribution in [3.63, 3.8) is 0 Å². The summed E-state index contributed by atoms with van der Waals surface area (Å²) in [6.07, 6.45) is 0. The maximum absolute atomic E-state index is 10.7. The maximum atomic E-state index is 10.7. The summed E-state index contributed by atoms with van der Waals surface area (Å²) >= 11 is 0. The molecule has 0 bridgehead atoms. The van der Waals surface area contributed by atoms with Gasteiger partial charge in [0.1, 0.15) is 0 Å². The Balaban J connectivity index is 4.39. The summed E-state index contributed by atoms with van der Waals surface area (Å²) in [6.45, 7) is 3.74. The van der Waals surface area contributed by atoms with Crippen molar-refractivity contribution in [1.29, 1.82) is 0 Å². The molecule has 1 N–H and O–H groups in total. The lowest BCUT2D eigenvalue weighted by Gasteiger charge is -2.25. The number of carboxylic acid groups (broad SMARTS) is 1. The van der Waals surface area contributed by atoms with E-state index in [0.717, 1.165) is 0 Å². The highest BCUT2D eigenvalue weighted by Crippen LogP contribution is 2.14. The molecule has 0 aliphatic heterocycles. The molecule has 5 heteroatoms. The lowest BCUT2D eigenvalue weighted by Crippen LogP contribution is -2.46. The van der Waals surface area contributed by atoms with Crippen molar-refractivity contribution in [2.24, 2.45) is 0 Å². The fourth-order valence-electron chi connectivity index (χ4n) is 0.750. The molecular weight excluding hydrogens is 164 g/mol. The molecule has 0 aliphatic rings. The Hall–Kier alpha value is -0.650. The van der Waals surface area contributed by atoms with Crippen molar-refractivity contribution < 1.29 is 24.1 Å². The van der Waals surface area contributed by atoms with Gasteiger partial charge < -0.3 is 19.3 Å². The molecule has 0 fully saturated rings. The Labute approximate surface area is 71.2 Å². The largest absolute Gasteiger partial charge is 0.475 e. The first-order chi connectivity index (χ1) is 5.63. The number of aliphatic carboxylic acids is 1. The molecule has 0 heterocycles. The van der Waals surface area contributed by atoms with Gasteiger partial charge in [-0.1, -0.05) is 0 Å². The highest BCUT2D eigenvalue weighted by molar-refractivity contribution is 5.73. The third kappa shape index (κ3) is 2.44. The van der Waals surface area contributed by atoms with Crippen LogP contribution in [0.4, 0.5) is 0 Å². The Morgan fingerprint density at radius 3 is 1.92 bits per heavy atom. The normalized spacial score (nSPS) is 11.6. The van der Waals surface area contributed by atoms with Gasteiger partial charge in [0.15, 0.2) is 0 Å². The van der Waals surface area contributed by atoms with Gasteiger partial charge in [-0.2, -0.15) is 0 Å². The molecule has 0 aromatic rings. The van der Waals surface area contributed by atoms with Crippen LogP contribution in [0.15, 0.2) is 0 Å². The second-order valence-electron chi connectivity index (χ2n) is 1.93. The van der Waals surface area contributed by atoms with Gasteiger partial charge in [0.25, 0.3) is 0 Å². The van der Waals surface area contributed by atoms with Crippen molar-refractivity contribution in [2.45, 2.75) is 19.8 Å². The van der Waals surface area contributed by atoms with Crippen molar-refractivity contribution in [1.82, 2.24) is 0 Å². The second kappa shape index (κ2) is 5.08. The van der Waals surface area contributed by atoms with Crippen LogP contribution < -0.4 is 0 Å². The topological polar surface area (TPSA) is 65.0 Å². The minimum absolute atomic E-state index is 0.208. The van der Waals surface area contributed by atoms with Crippen LogP contribution in [0, 0.1) is 0 Å². The summed E-state index contributed by atoms with van der Waals surface area (Å²) in [5, 5.41) is 8.71. The van der Waals surface area contributed by atoms with E-state index in [1.54, 1.807) is 13.8 Å². The van der Waals surface area contributed by atoms with Crippen molar-refractivity contribution in [2.75, 3.05) is 20.3 Å². The fraction of sp³-hybridized carbons (Fsp3) is 0.857. The standard InChI is InChI=1S/C7H14O5/c1-4-11-7(10-3,6(8)9)12-5-2/h4-5H2,1-3H3,(H,8,9). The zero-order chi connectivity index (χ0) is 9.61. The summed E-state index contributed by atoms with van der Waals surface area (Å²) in [6, 6.07) is 0. The molecule has 0 rings (SSSR count). The van der Waals surface area contributed by atoms with Crippen LogP contribution in [-0.4, -0.2) is 37.4 Å². The van der Waals surface area contributed by atoms with Gasteiger partial charge in [-0.05, 0) is 13.8 Å². The quantitative estimate of drug-likeness (QED) is 0.598. The highest BCUT2D eigenvalue weighted by Gasteiger charge is 2.41. The molecule has 0 aliphatic carbocycles. The van der Waals surface area contributed by atoms with E-state index in [1.165, 1.54) is 7.11 Å². The lowest BCUT2D eigenvalue weighted by atomic mass is 10.5. The number of ether oxygens (including phenoxy) is 3. The van der Waals surface area contributed by atoms with Crippen LogP contribution >= 0.6 is 0 Å². The summed E-state index contributed by atoms with van der Waals surface area (Å²) in [5.41, 5.74) is 0. The monoisotopic (exact) mass is 178 g/mol. The van der Waals surface area contributed by atoms with Crippen molar-refractivity contribution in [3.8, 4) is 0 Å². The number of carboxylic acids is 1. The molecule has 0 atom stereocenters. The molecule has 5 nitrogen and oxygen atoms in total. The predicted molar refractivity (Wildman–Crippen MR) is 40.6 cm³/mol. The Morgan fingerprint density at radius 1 is 1.33 bits per heavy atom. The van der Waals surface area contributed by atoms with E-state index in [1.807, 2.05) is 0 Å². The second-order valence-corrected chi connectivity index (χ2v) is 1.93.